The lowest BCUT2D eigenvalue weighted by Gasteiger charge is -2.34. The second kappa shape index (κ2) is 6.34. The van der Waals surface area contributed by atoms with Gasteiger partial charge in [-0.1, -0.05) is 17.3 Å². The van der Waals surface area contributed by atoms with Crippen LogP contribution in [0.2, 0.25) is 0 Å². The number of oxime groups is 1. The van der Waals surface area contributed by atoms with Gasteiger partial charge in [0.15, 0.2) is 0 Å². The van der Waals surface area contributed by atoms with Gasteiger partial charge in [0.25, 0.3) is 5.91 Å². The standard InChI is InChI=1S/C16H20FN3O2/c1-11-10-15(22-19-11)16(21)18-12-6-8-20(9-7-12)14-5-3-2-4-13(14)17/h2-5,12,15H,6-10H2,1H3,(H,18,21)/t15-/m1/s1. The second-order valence-electron chi connectivity index (χ2n) is 5.85. The van der Waals surface area contributed by atoms with E-state index < -0.39 is 6.10 Å². The average molecular weight is 305 g/mol. The number of hydrogen-bond donors (Lipinski definition) is 1. The van der Waals surface area contributed by atoms with E-state index in [0.29, 0.717) is 12.1 Å². The molecule has 0 bridgehead atoms. The molecule has 1 aromatic carbocycles. The molecule has 2 aliphatic heterocycles. The van der Waals surface area contributed by atoms with Gasteiger partial charge in [-0.05, 0) is 31.9 Å². The molecule has 3 rings (SSSR count). The van der Waals surface area contributed by atoms with Crippen LogP contribution in [0.1, 0.15) is 26.2 Å². The number of carbonyl (C=O) groups is 1. The molecule has 1 atom stereocenters. The number of halogens is 1. The second-order valence-corrected chi connectivity index (χ2v) is 5.85. The number of rotatable bonds is 3. The van der Waals surface area contributed by atoms with E-state index in [0.717, 1.165) is 31.6 Å². The third-order valence-electron chi connectivity index (χ3n) is 4.14. The Morgan fingerprint density at radius 1 is 1.36 bits per heavy atom. The van der Waals surface area contributed by atoms with Crippen molar-refractivity contribution < 1.29 is 14.0 Å². The molecule has 0 spiro atoms. The smallest absolute Gasteiger partial charge is 0.264 e. The largest absolute Gasteiger partial charge is 0.382 e. The first kappa shape index (κ1) is 14.8. The van der Waals surface area contributed by atoms with Crippen LogP contribution >= 0.6 is 0 Å². The van der Waals surface area contributed by atoms with Crippen LogP contribution in [-0.4, -0.2) is 36.9 Å². The number of carbonyl (C=O) groups excluding carboxylic acids is 1. The van der Waals surface area contributed by atoms with Crippen molar-refractivity contribution in [3.05, 3.63) is 30.1 Å². The summed E-state index contributed by atoms with van der Waals surface area (Å²) in [4.78, 5) is 19.2. The highest BCUT2D eigenvalue weighted by atomic mass is 19.1. The summed E-state index contributed by atoms with van der Waals surface area (Å²) in [5, 5.41) is 6.81. The maximum atomic E-state index is 13.8. The van der Waals surface area contributed by atoms with E-state index in [-0.39, 0.29) is 17.8 Å². The highest BCUT2D eigenvalue weighted by molar-refractivity contribution is 5.91. The lowest BCUT2D eigenvalue weighted by atomic mass is 10.0. The number of amides is 1. The molecule has 0 aromatic heterocycles. The summed E-state index contributed by atoms with van der Waals surface area (Å²) in [6, 6.07) is 6.91. The zero-order valence-corrected chi connectivity index (χ0v) is 12.6. The van der Waals surface area contributed by atoms with Crippen LogP contribution in [0.4, 0.5) is 10.1 Å². The Hall–Kier alpha value is -2.11. The fraction of sp³-hybridized carbons (Fsp3) is 0.500. The van der Waals surface area contributed by atoms with Crippen molar-refractivity contribution in [1.82, 2.24) is 5.32 Å². The van der Waals surface area contributed by atoms with Crippen LogP contribution in [0.15, 0.2) is 29.4 Å². The molecule has 0 aliphatic carbocycles. The molecule has 0 unspecified atom stereocenters. The Kier molecular flexibility index (Phi) is 4.27. The summed E-state index contributed by atoms with van der Waals surface area (Å²) < 4.78 is 13.8. The van der Waals surface area contributed by atoms with Crippen LogP contribution in [0.25, 0.3) is 0 Å². The predicted molar refractivity (Wildman–Crippen MR) is 82.4 cm³/mol. The highest BCUT2D eigenvalue weighted by Gasteiger charge is 2.29. The molecule has 22 heavy (non-hydrogen) atoms. The van der Waals surface area contributed by atoms with Gasteiger partial charge < -0.3 is 15.1 Å². The van der Waals surface area contributed by atoms with Crippen molar-refractivity contribution in [3.63, 3.8) is 0 Å². The van der Waals surface area contributed by atoms with Gasteiger partial charge >= 0.3 is 0 Å². The molecule has 1 aromatic rings. The fourth-order valence-electron chi connectivity index (χ4n) is 2.90. The van der Waals surface area contributed by atoms with Crippen molar-refractivity contribution >= 4 is 17.3 Å². The topological polar surface area (TPSA) is 53.9 Å². The molecular weight excluding hydrogens is 285 g/mol. The number of anilines is 1. The Morgan fingerprint density at radius 3 is 2.73 bits per heavy atom. The number of hydrogen-bond acceptors (Lipinski definition) is 4. The van der Waals surface area contributed by atoms with Gasteiger partial charge in [0.1, 0.15) is 5.82 Å². The minimum atomic E-state index is -0.496. The average Bonchev–Trinajstić information content (AvgIpc) is 2.95. The number of piperidine rings is 1. The molecule has 2 aliphatic rings. The molecule has 5 nitrogen and oxygen atoms in total. The summed E-state index contributed by atoms with van der Waals surface area (Å²) in [7, 11) is 0. The van der Waals surface area contributed by atoms with Crippen molar-refractivity contribution in [2.75, 3.05) is 18.0 Å². The Labute approximate surface area is 129 Å². The predicted octanol–water partition coefficient (Wildman–Crippen LogP) is 2.08. The van der Waals surface area contributed by atoms with Crippen LogP contribution in [0, 0.1) is 5.82 Å². The molecule has 2 heterocycles. The summed E-state index contributed by atoms with van der Waals surface area (Å²) in [6.45, 7) is 3.31. The quantitative estimate of drug-likeness (QED) is 0.930. The zero-order valence-electron chi connectivity index (χ0n) is 12.6. The normalized spacial score (nSPS) is 22.2. The van der Waals surface area contributed by atoms with Gasteiger partial charge in [0, 0.05) is 25.6 Å². The molecule has 118 valence electrons. The molecule has 1 N–H and O–H groups in total. The summed E-state index contributed by atoms with van der Waals surface area (Å²) >= 11 is 0. The summed E-state index contributed by atoms with van der Waals surface area (Å²) in [5.74, 6) is -0.304. The van der Waals surface area contributed by atoms with Crippen LogP contribution < -0.4 is 10.2 Å². The van der Waals surface area contributed by atoms with Gasteiger partial charge in [-0.25, -0.2) is 4.39 Å². The third-order valence-corrected chi connectivity index (χ3v) is 4.14. The molecule has 6 heteroatoms. The van der Waals surface area contributed by atoms with E-state index in [9.17, 15) is 9.18 Å². The molecule has 1 amide bonds. The van der Waals surface area contributed by atoms with Crippen molar-refractivity contribution in [2.24, 2.45) is 5.16 Å². The lowest BCUT2D eigenvalue weighted by molar-refractivity contribution is -0.132. The first-order chi connectivity index (χ1) is 10.6. The number of benzene rings is 1. The first-order valence-electron chi connectivity index (χ1n) is 7.62. The summed E-state index contributed by atoms with van der Waals surface area (Å²) in [6.07, 6.45) is 1.66. The van der Waals surface area contributed by atoms with E-state index in [1.165, 1.54) is 6.07 Å². The van der Waals surface area contributed by atoms with Crippen molar-refractivity contribution in [1.29, 1.82) is 0 Å². The van der Waals surface area contributed by atoms with Crippen molar-refractivity contribution in [3.8, 4) is 0 Å². The molecule has 1 saturated heterocycles. The third kappa shape index (κ3) is 3.21. The van der Waals surface area contributed by atoms with E-state index in [2.05, 4.69) is 10.5 Å². The van der Waals surface area contributed by atoms with Gasteiger partial charge in [0.2, 0.25) is 6.10 Å². The zero-order chi connectivity index (χ0) is 15.5. The lowest BCUT2D eigenvalue weighted by Crippen LogP contribution is -2.47. The Balaban J connectivity index is 1.50. The molecule has 1 fully saturated rings. The Bertz CT molecular complexity index is 583. The van der Waals surface area contributed by atoms with E-state index in [1.807, 2.05) is 17.9 Å². The van der Waals surface area contributed by atoms with E-state index >= 15 is 0 Å². The van der Waals surface area contributed by atoms with Crippen molar-refractivity contribution in [2.45, 2.75) is 38.3 Å². The minimum absolute atomic E-state index is 0.107. The SMILES string of the molecule is CC1=NO[C@@H](C(=O)NC2CCN(c3ccccc3F)CC2)C1. The first-order valence-corrected chi connectivity index (χ1v) is 7.62. The van der Waals surface area contributed by atoms with E-state index in [1.54, 1.807) is 12.1 Å². The minimum Gasteiger partial charge on any atom is -0.382 e. The van der Waals surface area contributed by atoms with E-state index in [4.69, 9.17) is 4.84 Å². The van der Waals surface area contributed by atoms with Gasteiger partial charge in [-0.15, -0.1) is 0 Å². The number of nitrogens with one attached hydrogen (secondary N) is 1. The van der Waals surface area contributed by atoms with Gasteiger partial charge in [0.05, 0.1) is 11.4 Å². The molecule has 0 radical (unpaired) electrons. The summed E-state index contributed by atoms with van der Waals surface area (Å²) in [5.41, 5.74) is 1.48. The highest BCUT2D eigenvalue weighted by Crippen LogP contribution is 2.23. The van der Waals surface area contributed by atoms with Gasteiger partial charge in [-0.2, -0.15) is 0 Å². The number of para-hydroxylation sites is 1. The monoisotopic (exact) mass is 305 g/mol. The van der Waals surface area contributed by atoms with Crippen LogP contribution in [0.5, 0.6) is 0 Å². The molecular formula is C16H20FN3O2. The Morgan fingerprint density at radius 2 is 2.09 bits per heavy atom. The molecule has 0 saturated carbocycles. The maximum absolute atomic E-state index is 13.8. The number of nitrogens with zero attached hydrogens (tertiary/aromatic N) is 2. The fourth-order valence-corrected chi connectivity index (χ4v) is 2.90. The van der Waals surface area contributed by atoms with Crippen LogP contribution in [-0.2, 0) is 9.63 Å². The van der Waals surface area contributed by atoms with Gasteiger partial charge in [-0.3, -0.25) is 4.79 Å². The van der Waals surface area contributed by atoms with Crippen LogP contribution in [0.3, 0.4) is 0 Å². The maximum Gasteiger partial charge on any atom is 0.264 e.